The molecule has 0 aromatic heterocycles. The van der Waals surface area contributed by atoms with Gasteiger partial charge in [0, 0.05) is 11.0 Å². The highest BCUT2D eigenvalue weighted by Gasteiger charge is 2.04. The number of hydrogen-bond donors (Lipinski definition) is 0. The zero-order valence-corrected chi connectivity index (χ0v) is 8.07. The molecule has 2 heteroatoms. The molecule has 0 aliphatic carbocycles. The summed E-state index contributed by atoms with van der Waals surface area (Å²) in [5, 5.41) is 0. The molecule has 1 unspecified atom stereocenters. The monoisotopic (exact) mass is 192 g/mol. The molecule has 0 spiro atoms. The van der Waals surface area contributed by atoms with Gasteiger partial charge in [-0.15, -0.1) is 0 Å². The highest BCUT2D eigenvalue weighted by molar-refractivity contribution is 9.09. The molecule has 0 aliphatic rings. The molecule has 0 saturated heterocycles. The van der Waals surface area contributed by atoms with Crippen LogP contribution in [0.3, 0.4) is 0 Å². The fourth-order valence-corrected chi connectivity index (χ4v) is 0.445. The summed E-state index contributed by atoms with van der Waals surface area (Å²) in [5.74, 6) is 0. The predicted octanol–water partition coefficient (Wildman–Crippen LogP) is 2.75. The zero-order valence-electron chi connectivity index (χ0n) is 7.48. The van der Waals surface area contributed by atoms with Crippen LogP contribution in [-0.4, -0.2) is 16.6 Å². The third-order valence-corrected chi connectivity index (χ3v) is 0.904. The lowest BCUT2D eigenvalue weighted by atomic mass is 10.1. The van der Waals surface area contributed by atoms with Gasteiger partial charge in [0.1, 0.15) is 0 Å². The quantitative estimate of drug-likeness (QED) is 0.448. The number of nitrogens with zero attached hydrogens (tertiary/aromatic N) is 1. The summed E-state index contributed by atoms with van der Waals surface area (Å²) in [6.45, 7) is 8.30. The number of hydrogen-bond acceptors (Lipinski definition) is 1. The van der Waals surface area contributed by atoms with Gasteiger partial charge in [0.05, 0.1) is 5.54 Å². The Morgan fingerprint density at radius 3 is 2.11 bits per heavy atom. The van der Waals surface area contributed by atoms with E-state index in [1.54, 1.807) is 0 Å². The van der Waals surface area contributed by atoms with E-state index in [1.165, 1.54) is 0 Å². The van der Waals surface area contributed by atoms with E-state index in [0.29, 0.717) is 4.83 Å². The van der Waals surface area contributed by atoms with Gasteiger partial charge in [0.25, 0.3) is 0 Å². The Hall–Kier alpha value is 0.150. The van der Waals surface area contributed by atoms with Gasteiger partial charge in [-0.25, -0.2) is 0 Å². The van der Waals surface area contributed by atoms with Crippen LogP contribution in [0.25, 0.3) is 0 Å². The summed E-state index contributed by atoms with van der Waals surface area (Å²) in [6.07, 6.45) is 1.92. The Bertz CT molecular complexity index is 105. The topological polar surface area (TPSA) is 12.4 Å². The summed E-state index contributed by atoms with van der Waals surface area (Å²) in [5.41, 5.74) is 0.0715. The molecule has 0 bridgehead atoms. The molecule has 0 rings (SSSR count). The van der Waals surface area contributed by atoms with Crippen LogP contribution in [-0.2, 0) is 0 Å². The molecule has 0 aliphatic heterocycles. The van der Waals surface area contributed by atoms with Crippen LogP contribution >= 0.6 is 15.9 Å². The summed E-state index contributed by atoms with van der Waals surface area (Å²) >= 11 is 3.38. The van der Waals surface area contributed by atoms with Crippen molar-refractivity contribution in [2.24, 2.45) is 4.99 Å². The van der Waals surface area contributed by atoms with E-state index in [1.807, 2.05) is 6.21 Å². The zero-order chi connectivity index (χ0) is 7.49. The van der Waals surface area contributed by atoms with Gasteiger partial charge in [-0.05, 0) is 27.7 Å². The standard InChI is InChI=1S/C7H14BrN/c1-6(8)5-9-7(2,3)4/h5-6H,1-4H3/p+1. The van der Waals surface area contributed by atoms with Crippen molar-refractivity contribution in [3.05, 3.63) is 0 Å². The van der Waals surface area contributed by atoms with Crippen molar-refractivity contribution in [1.29, 1.82) is 0 Å². The van der Waals surface area contributed by atoms with Crippen molar-refractivity contribution in [2.45, 2.75) is 38.1 Å². The van der Waals surface area contributed by atoms with E-state index in [0.717, 1.165) is 0 Å². The van der Waals surface area contributed by atoms with Gasteiger partial charge in [0.2, 0.25) is 0 Å². The highest BCUT2D eigenvalue weighted by Crippen LogP contribution is 2.06. The van der Waals surface area contributed by atoms with Crippen LogP contribution in [0.4, 0.5) is 0 Å². The summed E-state index contributed by atoms with van der Waals surface area (Å²) in [7, 11) is 0. The Labute approximate surface area is 67.2 Å². The van der Waals surface area contributed by atoms with Crippen molar-refractivity contribution < 1.29 is 1.43 Å². The molecule has 1 nitrogen and oxygen atoms in total. The molecule has 0 fully saturated rings. The van der Waals surface area contributed by atoms with Crippen molar-refractivity contribution in [1.82, 2.24) is 0 Å². The lowest BCUT2D eigenvalue weighted by Crippen LogP contribution is -2.11. The molecular weight excluding hydrogens is 178 g/mol. The van der Waals surface area contributed by atoms with E-state index in [2.05, 4.69) is 48.6 Å². The lowest BCUT2D eigenvalue weighted by Gasteiger charge is -2.10. The normalized spacial score (nSPS) is 16.6. The van der Waals surface area contributed by atoms with Crippen LogP contribution < -0.4 is 0 Å². The second-order valence-corrected chi connectivity index (χ2v) is 4.57. The minimum atomic E-state index is 0. The molecule has 1 atom stereocenters. The summed E-state index contributed by atoms with van der Waals surface area (Å²) < 4.78 is 0. The Balaban J connectivity index is 0. The minimum Gasteiger partial charge on any atom is -0.291 e. The van der Waals surface area contributed by atoms with Crippen LogP contribution in [0.15, 0.2) is 4.99 Å². The smallest absolute Gasteiger partial charge is 0.291 e. The van der Waals surface area contributed by atoms with Gasteiger partial charge < -0.3 is 0 Å². The van der Waals surface area contributed by atoms with Gasteiger partial charge in [-0.3, -0.25) is 4.99 Å². The van der Waals surface area contributed by atoms with Crippen molar-refractivity contribution >= 4 is 22.1 Å². The van der Waals surface area contributed by atoms with Crippen LogP contribution in [0.5, 0.6) is 0 Å². The summed E-state index contributed by atoms with van der Waals surface area (Å²) in [6, 6.07) is 0. The van der Waals surface area contributed by atoms with Crippen molar-refractivity contribution in [2.75, 3.05) is 0 Å². The van der Waals surface area contributed by atoms with Crippen LogP contribution in [0.2, 0.25) is 0 Å². The Morgan fingerprint density at radius 1 is 1.56 bits per heavy atom. The molecule has 0 radical (unpaired) electrons. The number of rotatable bonds is 1. The second kappa shape index (κ2) is 3.35. The number of alkyl halides is 1. The highest BCUT2D eigenvalue weighted by atomic mass is 79.9. The Morgan fingerprint density at radius 2 is 2.00 bits per heavy atom. The third-order valence-electron chi connectivity index (χ3n) is 0.667. The molecule has 0 aromatic carbocycles. The van der Waals surface area contributed by atoms with Crippen molar-refractivity contribution in [3.8, 4) is 0 Å². The van der Waals surface area contributed by atoms with Gasteiger partial charge >= 0.3 is 1.43 Å². The fourth-order valence-electron chi connectivity index (χ4n) is 0.326. The molecular formula is C7H15BrN+. The van der Waals surface area contributed by atoms with Crippen LogP contribution in [0.1, 0.15) is 29.1 Å². The first-order valence-electron chi connectivity index (χ1n) is 3.11. The maximum absolute atomic E-state index is 4.28. The van der Waals surface area contributed by atoms with E-state index in [4.69, 9.17) is 0 Å². The maximum atomic E-state index is 4.28. The molecule has 54 valence electrons. The molecule has 0 amide bonds. The maximum Gasteiger partial charge on any atom is 1.00 e. The fraction of sp³-hybridized carbons (Fsp3) is 0.857. The van der Waals surface area contributed by atoms with E-state index in [9.17, 15) is 0 Å². The molecule has 0 heterocycles. The first kappa shape index (κ1) is 9.15. The average Bonchev–Trinajstić information content (AvgIpc) is 1.59. The van der Waals surface area contributed by atoms with Gasteiger partial charge in [0.15, 0.2) is 0 Å². The number of halogens is 1. The van der Waals surface area contributed by atoms with E-state index < -0.39 is 0 Å². The first-order valence-corrected chi connectivity index (χ1v) is 4.03. The van der Waals surface area contributed by atoms with Gasteiger partial charge in [-0.2, -0.15) is 0 Å². The number of aliphatic imine (C=N–C) groups is 1. The molecule has 0 aromatic rings. The van der Waals surface area contributed by atoms with Crippen LogP contribution in [0, 0.1) is 0 Å². The largest absolute Gasteiger partial charge is 1.00 e. The molecule has 9 heavy (non-hydrogen) atoms. The average molecular weight is 193 g/mol. The summed E-state index contributed by atoms with van der Waals surface area (Å²) in [4.78, 5) is 4.67. The molecule has 0 saturated carbocycles. The van der Waals surface area contributed by atoms with Crippen molar-refractivity contribution in [3.63, 3.8) is 0 Å². The lowest BCUT2D eigenvalue weighted by molar-refractivity contribution is 0.585. The third kappa shape index (κ3) is 8.15. The predicted molar refractivity (Wildman–Crippen MR) is 47.7 cm³/mol. The molecule has 0 N–H and O–H groups in total. The Kier molecular flexibility index (Phi) is 3.41. The first-order chi connectivity index (χ1) is 3.92. The van der Waals surface area contributed by atoms with E-state index in [-0.39, 0.29) is 6.97 Å². The SMILES string of the molecule is CC(Br)C=NC(C)(C)C.[H+]. The van der Waals surface area contributed by atoms with Gasteiger partial charge in [-0.1, -0.05) is 15.9 Å². The minimum absolute atomic E-state index is 0. The second-order valence-electron chi connectivity index (χ2n) is 3.13. The van der Waals surface area contributed by atoms with E-state index >= 15 is 0 Å².